The molecule has 1 aliphatic rings. The standard InChI is InChI=1S/C22H24N4O4S/c1-3-26(16(2)18-9-7-17(14-23)8-10-18)22(28)19-5-4-6-20(13-19)31(29,30)25-12-11-24-21(27)15-25/h4-10,13,16H,3,11-12,15H2,1-2H3,(H,24,27). The number of amides is 2. The van der Waals surface area contributed by atoms with E-state index in [1.807, 2.05) is 13.8 Å². The van der Waals surface area contributed by atoms with E-state index in [-0.39, 0.29) is 47.9 Å². The SMILES string of the molecule is CCN(C(=O)c1cccc(S(=O)(=O)N2CCNC(=O)C2)c1)C(C)c1ccc(C#N)cc1. The zero-order chi connectivity index (χ0) is 22.6. The Kier molecular flexibility index (Phi) is 6.73. The van der Waals surface area contributed by atoms with Gasteiger partial charge in [0.25, 0.3) is 5.91 Å². The fourth-order valence-corrected chi connectivity index (χ4v) is 4.98. The fraction of sp³-hybridized carbons (Fsp3) is 0.318. The highest BCUT2D eigenvalue weighted by Crippen LogP contribution is 2.24. The minimum atomic E-state index is -3.89. The van der Waals surface area contributed by atoms with Gasteiger partial charge in [0.2, 0.25) is 15.9 Å². The summed E-state index contributed by atoms with van der Waals surface area (Å²) in [6.45, 7) is 4.35. The van der Waals surface area contributed by atoms with E-state index in [9.17, 15) is 18.0 Å². The van der Waals surface area contributed by atoms with Crippen LogP contribution in [-0.4, -0.2) is 55.6 Å². The zero-order valence-electron chi connectivity index (χ0n) is 17.4. The summed E-state index contributed by atoms with van der Waals surface area (Å²) in [5, 5.41) is 11.6. The van der Waals surface area contributed by atoms with Crippen LogP contribution >= 0.6 is 0 Å². The minimum absolute atomic E-state index is 0.0184. The predicted molar refractivity (Wildman–Crippen MR) is 114 cm³/mol. The van der Waals surface area contributed by atoms with Crippen molar-refractivity contribution in [2.45, 2.75) is 24.8 Å². The smallest absolute Gasteiger partial charge is 0.254 e. The van der Waals surface area contributed by atoms with Gasteiger partial charge in [0.15, 0.2) is 0 Å². The first-order valence-electron chi connectivity index (χ1n) is 9.96. The monoisotopic (exact) mass is 440 g/mol. The van der Waals surface area contributed by atoms with E-state index in [0.717, 1.165) is 9.87 Å². The van der Waals surface area contributed by atoms with Gasteiger partial charge in [0.05, 0.1) is 29.1 Å². The molecule has 2 amide bonds. The Morgan fingerprint density at radius 3 is 2.58 bits per heavy atom. The molecule has 3 rings (SSSR count). The van der Waals surface area contributed by atoms with Gasteiger partial charge in [-0.15, -0.1) is 0 Å². The molecule has 9 heteroatoms. The summed E-state index contributed by atoms with van der Waals surface area (Å²) in [4.78, 5) is 26.5. The van der Waals surface area contributed by atoms with Crippen LogP contribution in [0.3, 0.4) is 0 Å². The van der Waals surface area contributed by atoms with Gasteiger partial charge in [0, 0.05) is 25.2 Å². The Morgan fingerprint density at radius 1 is 1.26 bits per heavy atom. The van der Waals surface area contributed by atoms with Crippen LogP contribution in [0.25, 0.3) is 0 Å². The van der Waals surface area contributed by atoms with Crippen molar-refractivity contribution in [2.24, 2.45) is 0 Å². The number of piperazine rings is 1. The number of hydrogen-bond donors (Lipinski definition) is 1. The van der Waals surface area contributed by atoms with Gasteiger partial charge in [0.1, 0.15) is 0 Å². The van der Waals surface area contributed by atoms with Crippen LogP contribution in [0.5, 0.6) is 0 Å². The molecule has 31 heavy (non-hydrogen) atoms. The fourth-order valence-electron chi connectivity index (χ4n) is 3.53. The van der Waals surface area contributed by atoms with E-state index in [1.54, 1.807) is 35.2 Å². The summed E-state index contributed by atoms with van der Waals surface area (Å²) >= 11 is 0. The molecule has 1 saturated heterocycles. The van der Waals surface area contributed by atoms with E-state index in [4.69, 9.17) is 5.26 Å². The van der Waals surface area contributed by atoms with E-state index in [1.165, 1.54) is 18.2 Å². The van der Waals surface area contributed by atoms with Crippen molar-refractivity contribution in [1.29, 1.82) is 5.26 Å². The lowest BCUT2D eigenvalue weighted by Gasteiger charge is -2.29. The van der Waals surface area contributed by atoms with Crippen molar-refractivity contribution in [1.82, 2.24) is 14.5 Å². The molecule has 1 aliphatic heterocycles. The second kappa shape index (κ2) is 9.29. The quantitative estimate of drug-likeness (QED) is 0.738. The van der Waals surface area contributed by atoms with Crippen molar-refractivity contribution in [2.75, 3.05) is 26.2 Å². The second-order valence-electron chi connectivity index (χ2n) is 7.22. The molecule has 0 saturated carbocycles. The minimum Gasteiger partial charge on any atom is -0.354 e. The number of hydrogen-bond acceptors (Lipinski definition) is 5. The number of carbonyl (C=O) groups is 2. The zero-order valence-corrected chi connectivity index (χ0v) is 18.2. The lowest BCUT2D eigenvalue weighted by atomic mass is 10.0. The average molecular weight is 441 g/mol. The van der Waals surface area contributed by atoms with Gasteiger partial charge in [-0.1, -0.05) is 18.2 Å². The number of nitrogens with zero attached hydrogens (tertiary/aromatic N) is 3. The molecule has 162 valence electrons. The summed E-state index contributed by atoms with van der Waals surface area (Å²) in [6, 6.07) is 14.7. The number of nitriles is 1. The van der Waals surface area contributed by atoms with Crippen LogP contribution in [0.1, 0.15) is 41.4 Å². The molecule has 1 unspecified atom stereocenters. The number of sulfonamides is 1. The molecule has 1 atom stereocenters. The van der Waals surface area contributed by atoms with Gasteiger partial charge in [-0.25, -0.2) is 8.42 Å². The summed E-state index contributed by atoms with van der Waals surface area (Å²) in [6.07, 6.45) is 0. The number of carbonyl (C=O) groups excluding carboxylic acids is 2. The summed E-state index contributed by atoms with van der Waals surface area (Å²) in [7, 11) is -3.89. The Morgan fingerprint density at radius 2 is 1.97 bits per heavy atom. The van der Waals surface area contributed by atoms with Crippen LogP contribution in [0.15, 0.2) is 53.4 Å². The van der Waals surface area contributed by atoms with Gasteiger partial charge in [-0.05, 0) is 49.7 Å². The van der Waals surface area contributed by atoms with Crippen molar-refractivity contribution < 1.29 is 18.0 Å². The normalized spacial score (nSPS) is 15.6. The molecular formula is C22H24N4O4S. The van der Waals surface area contributed by atoms with Crippen LogP contribution in [0.2, 0.25) is 0 Å². The maximum absolute atomic E-state index is 13.2. The molecule has 1 heterocycles. The van der Waals surface area contributed by atoms with Crippen molar-refractivity contribution in [3.05, 3.63) is 65.2 Å². The van der Waals surface area contributed by atoms with E-state index in [0.29, 0.717) is 12.1 Å². The van der Waals surface area contributed by atoms with E-state index in [2.05, 4.69) is 11.4 Å². The lowest BCUT2D eigenvalue weighted by Crippen LogP contribution is -2.49. The number of nitrogens with one attached hydrogen (secondary N) is 1. The average Bonchev–Trinajstić information content (AvgIpc) is 2.79. The first kappa shape index (κ1) is 22.5. The first-order chi connectivity index (χ1) is 14.8. The number of benzene rings is 2. The summed E-state index contributed by atoms with van der Waals surface area (Å²) in [5.74, 6) is -0.650. The Balaban J connectivity index is 1.86. The van der Waals surface area contributed by atoms with Crippen molar-refractivity contribution >= 4 is 21.8 Å². The molecule has 8 nitrogen and oxygen atoms in total. The molecule has 1 N–H and O–H groups in total. The van der Waals surface area contributed by atoms with Crippen LogP contribution in [0, 0.1) is 11.3 Å². The van der Waals surface area contributed by atoms with E-state index >= 15 is 0 Å². The van der Waals surface area contributed by atoms with Gasteiger partial charge >= 0.3 is 0 Å². The molecule has 2 aromatic rings. The molecule has 0 aliphatic carbocycles. The third-order valence-corrected chi connectivity index (χ3v) is 7.15. The van der Waals surface area contributed by atoms with Crippen LogP contribution in [0.4, 0.5) is 0 Å². The highest BCUT2D eigenvalue weighted by molar-refractivity contribution is 7.89. The molecule has 0 bridgehead atoms. The Hall–Kier alpha value is -3.22. The van der Waals surface area contributed by atoms with E-state index < -0.39 is 10.0 Å². The first-order valence-corrected chi connectivity index (χ1v) is 11.4. The van der Waals surface area contributed by atoms with Gasteiger partial charge in [-0.2, -0.15) is 9.57 Å². The third kappa shape index (κ3) is 4.76. The topological polar surface area (TPSA) is 111 Å². The third-order valence-electron chi connectivity index (χ3n) is 5.31. The lowest BCUT2D eigenvalue weighted by molar-refractivity contribution is -0.122. The highest BCUT2D eigenvalue weighted by atomic mass is 32.2. The molecule has 0 spiro atoms. The van der Waals surface area contributed by atoms with Gasteiger partial charge in [-0.3, -0.25) is 9.59 Å². The molecule has 0 radical (unpaired) electrons. The Labute approximate surface area is 182 Å². The molecule has 0 aromatic heterocycles. The summed E-state index contributed by atoms with van der Waals surface area (Å²) in [5.41, 5.74) is 1.66. The van der Waals surface area contributed by atoms with Gasteiger partial charge < -0.3 is 10.2 Å². The maximum Gasteiger partial charge on any atom is 0.254 e. The molecule has 2 aromatic carbocycles. The Bertz CT molecular complexity index is 1120. The highest BCUT2D eigenvalue weighted by Gasteiger charge is 2.30. The van der Waals surface area contributed by atoms with Crippen molar-refractivity contribution in [3.63, 3.8) is 0 Å². The second-order valence-corrected chi connectivity index (χ2v) is 9.16. The predicted octanol–water partition coefficient (Wildman–Crippen LogP) is 1.90. The molecular weight excluding hydrogens is 416 g/mol. The van der Waals surface area contributed by atoms with Crippen molar-refractivity contribution in [3.8, 4) is 6.07 Å². The maximum atomic E-state index is 13.2. The van der Waals surface area contributed by atoms with Crippen LogP contribution in [-0.2, 0) is 14.8 Å². The largest absolute Gasteiger partial charge is 0.354 e. The summed E-state index contributed by atoms with van der Waals surface area (Å²) < 4.78 is 27.0. The van der Waals surface area contributed by atoms with Crippen LogP contribution < -0.4 is 5.32 Å². The number of rotatable bonds is 6. The molecule has 1 fully saturated rings.